The molecule has 1 aliphatic heterocycles. The second-order valence-electron chi connectivity index (χ2n) is 7.31. The number of methoxy groups -OCH3 is 1. The highest BCUT2D eigenvalue weighted by Crippen LogP contribution is 2.45. The maximum atomic E-state index is 13.8. The number of nitrogens with zero attached hydrogens (tertiary/aromatic N) is 2. The van der Waals surface area contributed by atoms with E-state index in [1.807, 2.05) is 78.6 Å². The van der Waals surface area contributed by atoms with Gasteiger partial charge in [-0.2, -0.15) is 0 Å². The van der Waals surface area contributed by atoms with Crippen LogP contribution in [0.15, 0.2) is 66.7 Å². The summed E-state index contributed by atoms with van der Waals surface area (Å²) in [6.07, 6.45) is -0.317. The number of carbonyl (C=O) groups is 1. The van der Waals surface area contributed by atoms with Gasteiger partial charge in [-0.15, -0.1) is 11.3 Å². The number of amides is 1. The normalized spacial score (nSPS) is 15.9. The van der Waals surface area contributed by atoms with E-state index in [9.17, 15) is 4.79 Å². The van der Waals surface area contributed by atoms with Crippen molar-refractivity contribution in [1.29, 1.82) is 0 Å². The lowest BCUT2D eigenvalue weighted by Crippen LogP contribution is -2.42. The third-order valence-electron chi connectivity index (χ3n) is 5.27. The number of rotatable bonds is 4. The van der Waals surface area contributed by atoms with Crippen molar-refractivity contribution < 1.29 is 9.53 Å². The Balaban J connectivity index is 1.74. The maximum Gasteiger partial charge on any atom is 0.272 e. The molecular weight excluding hydrogens is 394 g/mol. The Morgan fingerprint density at radius 3 is 2.50 bits per heavy atom. The predicted octanol–water partition coefficient (Wildman–Crippen LogP) is 5.52. The fraction of sp³-hybridized carbons (Fsp3) is 0.167. The summed E-state index contributed by atoms with van der Waals surface area (Å²) in [6, 6.07) is 21.9. The molecule has 1 atom stereocenters. The van der Waals surface area contributed by atoms with Crippen molar-refractivity contribution in [3.05, 3.63) is 88.4 Å². The molecule has 0 unspecified atom stereocenters. The van der Waals surface area contributed by atoms with Gasteiger partial charge in [0.25, 0.3) is 5.91 Å². The minimum atomic E-state index is -0.317. The number of pyridine rings is 1. The Morgan fingerprint density at radius 1 is 1.10 bits per heavy atom. The number of fused-ring (bicyclic) bond motifs is 3. The van der Waals surface area contributed by atoms with Gasteiger partial charge in [-0.25, -0.2) is 4.98 Å². The number of carbonyl (C=O) groups excluding carboxylic acids is 1. The summed E-state index contributed by atoms with van der Waals surface area (Å²) >= 11 is 1.44. The summed E-state index contributed by atoms with van der Waals surface area (Å²) < 4.78 is 5.43. The van der Waals surface area contributed by atoms with Crippen LogP contribution in [0.5, 0.6) is 0 Å². The summed E-state index contributed by atoms with van der Waals surface area (Å²) in [5.74, 6) is -0.0205. The summed E-state index contributed by atoms with van der Waals surface area (Å²) in [4.78, 5) is 21.8. The molecule has 2 aromatic heterocycles. The fourth-order valence-corrected chi connectivity index (χ4v) is 5.19. The van der Waals surface area contributed by atoms with Crippen molar-refractivity contribution >= 4 is 38.8 Å². The van der Waals surface area contributed by atoms with Crippen LogP contribution in [0.1, 0.15) is 32.7 Å². The second-order valence-corrected chi connectivity index (χ2v) is 8.31. The number of anilines is 2. The Labute approximate surface area is 178 Å². The molecule has 6 heteroatoms. The van der Waals surface area contributed by atoms with Crippen molar-refractivity contribution in [1.82, 2.24) is 4.98 Å². The summed E-state index contributed by atoms with van der Waals surface area (Å²) in [6.45, 7) is 2.44. The van der Waals surface area contributed by atoms with E-state index >= 15 is 0 Å². The molecule has 0 fully saturated rings. The molecule has 4 aromatic rings. The molecular formula is C24H21N3O2S. The zero-order chi connectivity index (χ0) is 20.7. The summed E-state index contributed by atoms with van der Waals surface area (Å²) in [5.41, 5.74) is 4.68. The highest BCUT2D eigenvalue weighted by molar-refractivity contribution is 7.21. The first-order valence-corrected chi connectivity index (χ1v) is 10.6. The standard InChI is InChI=1S/C24H21N3O2S/c1-15-13-17(14-29-2)19-20-21(30-23(19)25-15)24(28)27(18-11-7-4-8-12-18)22(26-20)16-9-5-3-6-10-16/h3-13,22,26H,14H2,1-2H3/t22-/m1/s1. The van der Waals surface area contributed by atoms with Gasteiger partial charge in [-0.1, -0.05) is 48.5 Å². The van der Waals surface area contributed by atoms with Gasteiger partial charge in [0.05, 0.1) is 12.3 Å². The molecule has 0 saturated carbocycles. The molecule has 5 rings (SSSR count). The number of hydrogen-bond acceptors (Lipinski definition) is 5. The molecule has 0 radical (unpaired) electrons. The molecule has 1 aliphatic rings. The van der Waals surface area contributed by atoms with Gasteiger partial charge in [0.2, 0.25) is 0 Å². The molecule has 150 valence electrons. The van der Waals surface area contributed by atoms with Crippen LogP contribution in [0.4, 0.5) is 11.4 Å². The van der Waals surface area contributed by atoms with Crippen LogP contribution in [0.25, 0.3) is 10.2 Å². The van der Waals surface area contributed by atoms with Crippen molar-refractivity contribution in [3.63, 3.8) is 0 Å². The quantitative estimate of drug-likeness (QED) is 0.477. The van der Waals surface area contributed by atoms with Gasteiger partial charge in [0, 0.05) is 23.9 Å². The topological polar surface area (TPSA) is 54.5 Å². The molecule has 30 heavy (non-hydrogen) atoms. The molecule has 1 amide bonds. The molecule has 5 nitrogen and oxygen atoms in total. The number of aryl methyl sites for hydroxylation is 1. The Hall–Kier alpha value is -3.22. The average Bonchev–Trinajstić information content (AvgIpc) is 3.14. The van der Waals surface area contributed by atoms with Gasteiger partial charge in [0.15, 0.2) is 0 Å². The van der Waals surface area contributed by atoms with Gasteiger partial charge < -0.3 is 10.1 Å². The second kappa shape index (κ2) is 7.55. The van der Waals surface area contributed by atoms with E-state index in [0.29, 0.717) is 11.5 Å². The lowest BCUT2D eigenvalue weighted by molar-refractivity contribution is 0.0979. The van der Waals surface area contributed by atoms with Crippen LogP contribution in [-0.4, -0.2) is 18.0 Å². The number of benzene rings is 2. The average molecular weight is 416 g/mol. The SMILES string of the molecule is COCc1cc(C)nc2sc3c(c12)N[C@@H](c1ccccc1)N(c1ccccc1)C3=O. The molecule has 1 N–H and O–H groups in total. The van der Waals surface area contributed by atoms with E-state index in [4.69, 9.17) is 9.72 Å². The van der Waals surface area contributed by atoms with E-state index in [1.165, 1.54) is 11.3 Å². The zero-order valence-corrected chi connectivity index (χ0v) is 17.6. The number of aromatic nitrogens is 1. The molecule has 0 spiro atoms. The first-order chi connectivity index (χ1) is 14.7. The molecule has 3 heterocycles. The minimum Gasteiger partial charge on any atom is -0.380 e. The van der Waals surface area contributed by atoms with E-state index < -0.39 is 0 Å². The lowest BCUT2D eigenvalue weighted by atomic mass is 10.0. The van der Waals surface area contributed by atoms with E-state index in [-0.39, 0.29) is 12.1 Å². The minimum absolute atomic E-state index is 0.0205. The van der Waals surface area contributed by atoms with Gasteiger partial charge >= 0.3 is 0 Å². The van der Waals surface area contributed by atoms with Crippen LogP contribution in [0, 0.1) is 6.92 Å². The van der Waals surface area contributed by atoms with Gasteiger partial charge in [0.1, 0.15) is 15.9 Å². The van der Waals surface area contributed by atoms with Crippen LogP contribution < -0.4 is 10.2 Å². The Kier molecular flexibility index (Phi) is 4.73. The van der Waals surface area contributed by atoms with Crippen molar-refractivity contribution in [3.8, 4) is 0 Å². The fourth-order valence-electron chi connectivity index (χ4n) is 4.02. The predicted molar refractivity (Wildman–Crippen MR) is 121 cm³/mol. The zero-order valence-electron chi connectivity index (χ0n) is 16.8. The number of ether oxygens (including phenoxy) is 1. The van der Waals surface area contributed by atoms with Crippen molar-refractivity contribution in [2.45, 2.75) is 19.7 Å². The highest BCUT2D eigenvalue weighted by atomic mass is 32.1. The van der Waals surface area contributed by atoms with E-state index in [0.717, 1.165) is 38.4 Å². The Bertz CT molecular complexity index is 1220. The third-order valence-corrected chi connectivity index (χ3v) is 6.35. The largest absolute Gasteiger partial charge is 0.380 e. The summed E-state index contributed by atoms with van der Waals surface area (Å²) in [5, 5.41) is 4.63. The van der Waals surface area contributed by atoms with Crippen molar-refractivity contribution in [2.24, 2.45) is 0 Å². The monoisotopic (exact) mass is 415 g/mol. The van der Waals surface area contributed by atoms with Crippen LogP contribution >= 0.6 is 11.3 Å². The van der Waals surface area contributed by atoms with Crippen LogP contribution in [0.2, 0.25) is 0 Å². The smallest absolute Gasteiger partial charge is 0.272 e. The van der Waals surface area contributed by atoms with E-state index in [2.05, 4.69) is 5.32 Å². The van der Waals surface area contributed by atoms with Gasteiger partial charge in [-0.3, -0.25) is 9.69 Å². The highest BCUT2D eigenvalue weighted by Gasteiger charge is 2.37. The van der Waals surface area contributed by atoms with Crippen molar-refractivity contribution in [2.75, 3.05) is 17.3 Å². The lowest BCUT2D eigenvalue weighted by Gasteiger charge is -2.37. The number of thiophene rings is 1. The third kappa shape index (κ3) is 3.05. The first kappa shape index (κ1) is 18.8. The number of hydrogen-bond donors (Lipinski definition) is 1. The number of nitrogens with one attached hydrogen (secondary N) is 1. The van der Waals surface area contributed by atoms with Crippen LogP contribution in [0.3, 0.4) is 0 Å². The summed E-state index contributed by atoms with van der Waals surface area (Å²) in [7, 11) is 1.68. The molecule has 0 bridgehead atoms. The van der Waals surface area contributed by atoms with Crippen LogP contribution in [-0.2, 0) is 11.3 Å². The molecule has 2 aromatic carbocycles. The first-order valence-electron chi connectivity index (χ1n) is 9.79. The Morgan fingerprint density at radius 2 is 1.80 bits per heavy atom. The maximum absolute atomic E-state index is 13.8. The van der Waals surface area contributed by atoms with E-state index in [1.54, 1.807) is 7.11 Å². The van der Waals surface area contributed by atoms with Gasteiger partial charge in [-0.05, 0) is 36.2 Å². The number of para-hydroxylation sites is 1. The molecule has 0 aliphatic carbocycles. The molecule has 0 saturated heterocycles.